The summed E-state index contributed by atoms with van der Waals surface area (Å²) in [6, 6.07) is 0. The van der Waals surface area contributed by atoms with E-state index in [1.54, 1.807) is 0 Å². The summed E-state index contributed by atoms with van der Waals surface area (Å²) in [4.78, 5) is 12.3. The fraction of sp³-hybridized carbons (Fsp3) is 0.952. The standard InChI is InChI=1S/C21H34O4/c1-12(22)21(25)9-7-16-15-5-4-13-10-14(23)6-8-19(13,2)18(15)17(24)11-20(16,21)3/h13-18,23-25H,4-11H2,1-3H3/t13-,14-,15+,16-,17-,18+,19+,20+,21+/m1/s1. The molecule has 4 aliphatic rings. The first-order valence-corrected chi connectivity index (χ1v) is 10.2. The van der Waals surface area contributed by atoms with Crippen LogP contribution >= 0.6 is 0 Å². The summed E-state index contributed by atoms with van der Waals surface area (Å²) in [6.45, 7) is 5.88. The summed E-state index contributed by atoms with van der Waals surface area (Å²) in [7, 11) is 0. The summed E-state index contributed by atoms with van der Waals surface area (Å²) in [5.41, 5.74) is -1.69. The van der Waals surface area contributed by atoms with Gasteiger partial charge in [-0.2, -0.15) is 0 Å². The molecule has 0 unspecified atom stereocenters. The first-order chi connectivity index (χ1) is 11.6. The molecule has 4 nitrogen and oxygen atoms in total. The minimum atomic E-state index is -1.27. The van der Waals surface area contributed by atoms with Crippen molar-refractivity contribution in [1.82, 2.24) is 0 Å². The fourth-order valence-corrected chi connectivity index (χ4v) is 7.94. The number of Topliss-reactive ketones (excluding diaryl/α,β-unsaturated/α-hetero) is 1. The smallest absolute Gasteiger partial charge is 0.161 e. The molecular formula is C21H34O4. The maximum absolute atomic E-state index is 12.3. The van der Waals surface area contributed by atoms with Crippen molar-refractivity contribution in [3.8, 4) is 0 Å². The molecule has 0 heterocycles. The van der Waals surface area contributed by atoms with E-state index in [4.69, 9.17) is 0 Å². The molecular weight excluding hydrogens is 316 g/mol. The minimum Gasteiger partial charge on any atom is -0.393 e. The Bertz CT molecular complexity index is 576. The third kappa shape index (κ3) is 2.20. The lowest BCUT2D eigenvalue weighted by Crippen LogP contribution is -2.62. The van der Waals surface area contributed by atoms with E-state index in [1.165, 1.54) is 6.92 Å². The predicted octanol–water partition coefficient (Wildman–Crippen LogP) is 2.68. The van der Waals surface area contributed by atoms with E-state index in [1.807, 2.05) is 6.92 Å². The summed E-state index contributed by atoms with van der Waals surface area (Å²) < 4.78 is 0. The Hall–Kier alpha value is -0.450. The van der Waals surface area contributed by atoms with Gasteiger partial charge in [0.25, 0.3) is 0 Å². The van der Waals surface area contributed by atoms with Gasteiger partial charge >= 0.3 is 0 Å². The highest BCUT2D eigenvalue weighted by molar-refractivity contribution is 5.86. The van der Waals surface area contributed by atoms with E-state index in [2.05, 4.69) is 6.92 Å². The predicted molar refractivity (Wildman–Crippen MR) is 94.8 cm³/mol. The van der Waals surface area contributed by atoms with Crippen LogP contribution in [-0.4, -0.2) is 38.9 Å². The zero-order valence-electron chi connectivity index (χ0n) is 15.9. The largest absolute Gasteiger partial charge is 0.393 e. The number of hydrogen-bond donors (Lipinski definition) is 3. The monoisotopic (exact) mass is 350 g/mol. The van der Waals surface area contributed by atoms with Gasteiger partial charge in [-0.1, -0.05) is 13.8 Å². The number of aliphatic hydroxyl groups excluding tert-OH is 2. The van der Waals surface area contributed by atoms with Crippen LogP contribution < -0.4 is 0 Å². The summed E-state index contributed by atoms with van der Waals surface area (Å²) >= 11 is 0. The van der Waals surface area contributed by atoms with Gasteiger partial charge in [0.05, 0.1) is 12.2 Å². The molecule has 4 saturated carbocycles. The van der Waals surface area contributed by atoms with Crippen molar-refractivity contribution in [1.29, 1.82) is 0 Å². The van der Waals surface area contributed by atoms with E-state index < -0.39 is 17.1 Å². The zero-order chi connectivity index (χ0) is 18.2. The van der Waals surface area contributed by atoms with Crippen LogP contribution in [0.25, 0.3) is 0 Å². The second-order valence-electron chi connectivity index (χ2n) is 10.1. The van der Waals surface area contributed by atoms with E-state index in [0.717, 1.165) is 38.5 Å². The van der Waals surface area contributed by atoms with Gasteiger partial charge in [-0.15, -0.1) is 0 Å². The molecule has 0 aromatic heterocycles. The van der Waals surface area contributed by atoms with Crippen LogP contribution in [-0.2, 0) is 4.79 Å². The molecule has 4 heteroatoms. The minimum absolute atomic E-state index is 0.0832. The third-order valence-corrected chi connectivity index (χ3v) is 9.30. The van der Waals surface area contributed by atoms with Gasteiger partial charge in [0.15, 0.2) is 5.78 Å². The van der Waals surface area contributed by atoms with Crippen molar-refractivity contribution >= 4 is 5.78 Å². The van der Waals surface area contributed by atoms with Crippen molar-refractivity contribution in [3.05, 3.63) is 0 Å². The highest BCUT2D eigenvalue weighted by Crippen LogP contribution is 2.68. The van der Waals surface area contributed by atoms with Gasteiger partial charge < -0.3 is 15.3 Å². The first-order valence-electron chi connectivity index (χ1n) is 10.2. The highest BCUT2D eigenvalue weighted by Gasteiger charge is 2.68. The molecule has 0 aromatic rings. The fourth-order valence-electron chi connectivity index (χ4n) is 7.94. The Balaban J connectivity index is 1.70. The lowest BCUT2D eigenvalue weighted by Gasteiger charge is -2.62. The highest BCUT2D eigenvalue weighted by atomic mass is 16.3. The molecule has 142 valence electrons. The van der Waals surface area contributed by atoms with Crippen LogP contribution in [0.1, 0.15) is 72.1 Å². The average molecular weight is 350 g/mol. The van der Waals surface area contributed by atoms with Crippen molar-refractivity contribution in [2.75, 3.05) is 0 Å². The molecule has 4 aliphatic carbocycles. The normalized spacial score (nSPS) is 58.2. The maximum atomic E-state index is 12.3. The SMILES string of the molecule is CC(=O)[C@@]1(O)CC[C@@H]2[C@@H]3CC[C@@H]4C[C@H](O)CC[C@]4(C)[C@@H]3[C@H](O)C[C@@]21C. The molecule has 0 amide bonds. The number of carbonyl (C=O) groups is 1. The molecule has 0 saturated heterocycles. The van der Waals surface area contributed by atoms with Gasteiger partial charge in [-0.3, -0.25) is 4.79 Å². The Morgan fingerprint density at radius 2 is 1.76 bits per heavy atom. The van der Waals surface area contributed by atoms with Crippen LogP contribution in [0.4, 0.5) is 0 Å². The van der Waals surface area contributed by atoms with Gasteiger partial charge in [0.2, 0.25) is 0 Å². The molecule has 25 heavy (non-hydrogen) atoms. The van der Waals surface area contributed by atoms with Gasteiger partial charge in [-0.05, 0) is 87.4 Å². The first kappa shape index (κ1) is 17.9. The average Bonchev–Trinajstić information content (AvgIpc) is 2.80. The second-order valence-corrected chi connectivity index (χ2v) is 10.1. The Labute approximate surface area is 151 Å². The van der Waals surface area contributed by atoms with Crippen LogP contribution in [0.3, 0.4) is 0 Å². The van der Waals surface area contributed by atoms with Crippen molar-refractivity contribution in [3.63, 3.8) is 0 Å². The Morgan fingerprint density at radius 3 is 2.44 bits per heavy atom. The summed E-state index contributed by atoms with van der Waals surface area (Å²) in [5, 5.41) is 32.5. The molecule has 0 aliphatic heterocycles. The molecule has 0 radical (unpaired) electrons. The molecule has 0 bridgehead atoms. The van der Waals surface area contributed by atoms with Crippen LogP contribution in [0, 0.1) is 34.5 Å². The van der Waals surface area contributed by atoms with E-state index in [-0.39, 0.29) is 23.2 Å². The number of fused-ring (bicyclic) bond motifs is 5. The van der Waals surface area contributed by atoms with Crippen LogP contribution in [0.2, 0.25) is 0 Å². The van der Waals surface area contributed by atoms with Gasteiger partial charge in [0.1, 0.15) is 5.60 Å². The third-order valence-electron chi connectivity index (χ3n) is 9.30. The number of ketones is 1. The van der Waals surface area contributed by atoms with Gasteiger partial charge in [0, 0.05) is 5.41 Å². The van der Waals surface area contributed by atoms with Crippen molar-refractivity contribution in [2.24, 2.45) is 34.5 Å². The quantitative estimate of drug-likeness (QED) is 0.679. The maximum Gasteiger partial charge on any atom is 0.161 e. The van der Waals surface area contributed by atoms with Crippen molar-refractivity contribution < 1.29 is 20.1 Å². The number of carbonyl (C=O) groups excluding carboxylic acids is 1. The molecule has 9 atom stereocenters. The topological polar surface area (TPSA) is 77.8 Å². The van der Waals surface area contributed by atoms with E-state index in [0.29, 0.717) is 30.6 Å². The lowest BCUT2D eigenvalue weighted by atomic mass is 9.43. The van der Waals surface area contributed by atoms with Gasteiger partial charge in [-0.25, -0.2) is 0 Å². The van der Waals surface area contributed by atoms with Crippen molar-refractivity contribution in [2.45, 2.75) is 89.9 Å². The van der Waals surface area contributed by atoms with E-state index >= 15 is 0 Å². The number of aliphatic hydroxyl groups is 3. The summed E-state index contributed by atoms with van der Waals surface area (Å²) in [6.07, 6.45) is 6.16. The molecule has 4 fully saturated rings. The summed E-state index contributed by atoms with van der Waals surface area (Å²) in [5.74, 6) is 1.30. The van der Waals surface area contributed by atoms with Crippen LogP contribution in [0.5, 0.6) is 0 Å². The Kier molecular flexibility index (Phi) is 3.97. The van der Waals surface area contributed by atoms with E-state index in [9.17, 15) is 20.1 Å². The molecule has 3 N–H and O–H groups in total. The second kappa shape index (κ2) is 5.53. The lowest BCUT2D eigenvalue weighted by molar-refractivity contribution is -0.201. The molecule has 0 spiro atoms. The zero-order valence-corrected chi connectivity index (χ0v) is 15.9. The molecule has 0 aromatic carbocycles. The number of rotatable bonds is 1. The Morgan fingerprint density at radius 1 is 1.04 bits per heavy atom. The molecule has 4 rings (SSSR count). The van der Waals surface area contributed by atoms with Crippen LogP contribution in [0.15, 0.2) is 0 Å². The number of hydrogen-bond acceptors (Lipinski definition) is 4.